The Morgan fingerprint density at radius 2 is 1.68 bits per heavy atom. The van der Waals surface area contributed by atoms with Gasteiger partial charge in [0, 0.05) is 5.56 Å². The van der Waals surface area contributed by atoms with Crippen molar-refractivity contribution in [3.05, 3.63) is 64.9 Å². The van der Waals surface area contributed by atoms with Gasteiger partial charge in [-0.25, -0.2) is 9.18 Å². The van der Waals surface area contributed by atoms with Gasteiger partial charge in [-0.15, -0.1) is 0 Å². The van der Waals surface area contributed by atoms with Gasteiger partial charge in [0.25, 0.3) is 5.91 Å². The molecule has 1 unspecified atom stereocenters. The van der Waals surface area contributed by atoms with E-state index in [0.29, 0.717) is 5.56 Å². The molecule has 0 bridgehead atoms. The lowest BCUT2D eigenvalue weighted by Gasteiger charge is -2.29. The molecule has 0 aliphatic rings. The lowest BCUT2D eigenvalue weighted by atomic mass is 10.1. The summed E-state index contributed by atoms with van der Waals surface area (Å²) in [5.74, 6) is -1.91. The standard InChI is InChI=1S/C19H19ClFNO3/c1-12(2)25-19(24)13(3)22(16-11-7-10-15(20)17(16)21)18(23)14-8-5-4-6-9-14/h4-13H,1-3H3. The average molecular weight is 364 g/mol. The molecule has 0 fully saturated rings. The molecule has 0 aliphatic heterocycles. The second-order valence-electron chi connectivity index (χ2n) is 5.78. The van der Waals surface area contributed by atoms with Gasteiger partial charge in [-0.1, -0.05) is 35.9 Å². The zero-order valence-electron chi connectivity index (χ0n) is 14.2. The fourth-order valence-electron chi connectivity index (χ4n) is 2.33. The number of carbonyl (C=O) groups is 2. The Labute approximate surface area is 151 Å². The topological polar surface area (TPSA) is 46.6 Å². The summed E-state index contributed by atoms with van der Waals surface area (Å²) in [7, 11) is 0. The summed E-state index contributed by atoms with van der Waals surface area (Å²) in [6, 6.07) is 11.6. The number of amides is 1. The Balaban J connectivity index is 2.50. The second-order valence-corrected chi connectivity index (χ2v) is 6.18. The Morgan fingerprint density at radius 1 is 1.04 bits per heavy atom. The monoisotopic (exact) mass is 363 g/mol. The molecule has 25 heavy (non-hydrogen) atoms. The first-order valence-corrected chi connectivity index (χ1v) is 8.23. The fraction of sp³-hybridized carbons (Fsp3) is 0.263. The van der Waals surface area contributed by atoms with Crippen molar-refractivity contribution in [1.82, 2.24) is 0 Å². The van der Waals surface area contributed by atoms with E-state index in [9.17, 15) is 14.0 Å². The van der Waals surface area contributed by atoms with Crippen LogP contribution in [0.25, 0.3) is 0 Å². The molecule has 1 atom stereocenters. The molecule has 2 aromatic rings. The molecule has 0 spiro atoms. The van der Waals surface area contributed by atoms with Gasteiger partial charge in [0.15, 0.2) is 5.82 Å². The highest BCUT2D eigenvalue weighted by atomic mass is 35.5. The Bertz CT molecular complexity index is 765. The summed E-state index contributed by atoms with van der Waals surface area (Å²) in [5.41, 5.74) is 0.251. The van der Waals surface area contributed by atoms with Crippen LogP contribution in [0.5, 0.6) is 0 Å². The lowest BCUT2D eigenvalue weighted by Crippen LogP contribution is -2.45. The molecule has 2 rings (SSSR count). The lowest BCUT2D eigenvalue weighted by molar-refractivity contribution is -0.148. The number of carbonyl (C=O) groups excluding carboxylic acids is 2. The first kappa shape index (κ1) is 18.9. The van der Waals surface area contributed by atoms with Gasteiger partial charge in [-0.05, 0) is 45.0 Å². The molecule has 0 aliphatic carbocycles. The average Bonchev–Trinajstić information content (AvgIpc) is 2.58. The maximum absolute atomic E-state index is 14.5. The van der Waals surface area contributed by atoms with Crippen LogP contribution in [0, 0.1) is 5.82 Å². The number of rotatable bonds is 5. The predicted octanol–water partition coefficient (Wildman–Crippen LogP) is 4.47. The molecule has 6 heteroatoms. The summed E-state index contributed by atoms with van der Waals surface area (Å²) in [6.45, 7) is 4.90. The molecule has 4 nitrogen and oxygen atoms in total. The Kier molecular flexibility index (Phi) is 6.15. The van der Waals surface area contributed by atoms with E-state index in [0.717, 1.165) is 4.90 Å². The molecule has 1 amide bonds. The molecule has 2 aromatic carbocycles. The van der Waals surface area contributed by atoms with Gasteiger partial charge in [0.05, 0.1) is 16.8 Å². The molecule has 0 aromatic heterocycles. The van der Waals surface area contributed by atoms with Crippen LogP contribution in [-0.2, 0) is 9.53 Å². The van der Waals surface area contributed by atoms with Gasteiger partial charge in [0.1, 0.15) is 6.04 Å². The number of hydrogen-bond donors (Lipinski definition) is 0. The summed E-state index contributed by atoms with van der Waals surface area (Å²) in [4.78, 5) is 26.3. The number of nitrogens with zero attached hydrogens (tertiary/aromatic N) is 1. The molecular formula is C19H19ClFNO3. The van der Waals surface area contributed by atoms with Crippen molar-refractivity contribution in [1.29, 1.82) is 0 Å². The van der Waals surface area contributed by atoms with E-state index < -0.39 is 23.7 Å². The smallest absolute Gasteiger partial charge is 0.329 e. The SMILES string of the molecule is CC(C)OC(=O)C(C)N(C(=O)c1ccccc1)c1cccc(Cl)c1F. The molecular weight excluding hydrogens is 345 g/mol. The molecule has 0 radical (unpaired) electrons. The molecule has 0 saturated heterocycles. The molecule has 0 N–H and O–H groups in total. The van der Waals surface area contributed by atoms with Crippen LogP contribution in [0.3, 0.4) is 0 Å². The van der Waals surface area contributed by atoms with Crippen molar-refractivity contribution < 1.29 is 18.7 Å². The van der Waals surface area contributed by atoms with E-state index in [2.05, 4.69) is 0 Å². The van der Waals surface area contributed by atoms with Crippen LogP contribution in [0.4, 0.5) is 10.1 Å². The fourth-order valence-corrected chi connectivity index (χ4v) is 2.50. The van der Waals surface area contributed by atoms with Gasteiger partial charge < -0.3 is 4.74 Å². The minimum Gasteiger partial charge on any atom is -0.461 e. The molecule has 0 heterocycles. The van der Waals surface area contributed by atoms with Crippen LogP contribution >= 0.6 is 11.6 Å². The van der Waals surface area contributed by atoms with Crippen molar-refractivity contribution in [3.63, 3.8) is 0 Å². The number of esters is 1. The Hall–Kier alpha value is -2.40. The van der Waals surface area contributed by atoms with Crippen molar-refractivity contribution in [3.8, 4) is 0 Å². The Morgan fingerprint density at radius 3 is 2.28 bits per heavy atom. The third-order valence-corrected chi connectivity index (χ3v) is 3.80. The largest absolute Gasteiger partial charge is 0.461 e. The van der Waals surface area contributed by atoms with E-state index in [1.54, 1.807) is 44.2 Å². The summed E-state index contributed by atoms with van der Waals surface area (Å²) in [6.07, 6.45) is -0.354. The maximum Gasteiger partial charge on any atom is 0.329 e. The molecule has 132 valence electrons. The third kappa shape index (κ3) is 4.37. The van der Waals surface area contributed by atoms with Crippen LogP contribution < -0.4 is 4.90 Å². The van der Waals surface area contributed by atoms with E-state index in [1.165, 1.54) is 25.1 Å². The zero-order valence-corrected chi connectivity index (χ0v) is 15.0. The van der Waals surface area contributed by atoms with E-state index in [1.807, 2.05) is 0 Å². The number of benzene rings is 2. The van der Waals surface area contributed by atoms with Gasteiger partial charge in [0.2, 0.25) is 0 Å². The van der Waals surface area contributed by atoms with Crippen molar-refractivity contribution >= 4 is 29.2 Å². The number of halogens is 2. The highest BCUT2D eigenvalue weighted by molar-refractivity contribution is 6.31. The van der Waals surface area contributed by atoms with Crippen LogP contribution in [0.15, 0.2) is 48.5 Å². The minimum absolute atomic E-state index is 0.0745. The van der Waals surface area contributed by atoms with Crippen LogP contribution in [-0.4, -0.2) is 24.0 Å². The van der Waals surface area contributed by atoms with Gasteiger partial charge in [-0.2, -0.15) is 0 Å². The molecule has 0 saturated carbocycles. The van der Waals surface area contributed by atoms with E-state index in [4.69, 9.17) is 16.3 Å². The maximum atomic E-state index is 14.5. The van der Waals surface area contributed by atoms with Gasteiger partial charge in [-0.3, -0.25) is 9.69 Å². The van der Waals surface area contributed by atoms with Crippen molar-refractivity contribution in [2.45, 2.75) is 32.9 Å². The number of anilines is 1. The number of hydrogen-bond acceptors (Lipinski definition) is 3. The van der Waals surface area contributed by atoms with Crippen molar-refractivity contribution in [2.24, 2.45) is 0 Å². The van der Waals surface area contributed by atoms with Crippen molar-refractivity contribution in [2.75, 3.05) is 4.90 Å². The summed E-state index contributed by atoms with van der Waals surface area (Å²) < 4.78 is 19.7. The minimum atomic E-state index is -1.02. The number of ether oxygens (including phenoxy) is 1. The van der Waals surface area contributed by atoms with E-state index >= 15 is 0 Å². The second kappa shape index (κ2) is 8.12. The predicted molar refractivity (Wildman–Crippen MR) is 95.4 cm³/mol. The van der Waals surface area contributed by atoms with Gasteiger partial charge >= 0.3 is 5.97 Å². The first-order chi connectivity index (χ1) is 11.8. The van der Waals surface area contributed by atoms with E-state index in [-0.39, 0.29) is 16.8 Å². The van der Waals surface area contributed by atoms with Crippen LogP contribution in [0.1, 0.15) is 31.1 Å². The normalized spacial score (nSPS) is 11.9. The zero-order chi connectivity index (χ0) is 18.6. The third-order valence-electron chi connectivity index (χ3n) is 3.51. The first-order valence-electron chi connectivity index (χ1n) is 7.86. The van der Waals surface area contributed by atoms with Crippen LogP contribution in [0.2, 0.25) is 5.02 Å². The summed E-state index contributed by atoms with van der Waals surface area (Å²) >= 11 is 5.85. The quantitative estimate of drug-likeness (QED) is 0.736. The summed E-state index contributed by atoms with van der Waals surface area (Å²) in [5, 5.41) is -0.132. The highest BCUT2D eigenvalue weighted by Gasteiger charge is 2.32. The highest BCUT2D eigenvalue weighted by Crippen LogP contribution is 2.29.